The number of amides is 2. The normalized spacial score (nSPS) is 21.9. The van der Waals surface area contributed by atoms with E-state index in [1.807, 2.05) is 32.0 Å². The number of nitrogens with zero attached hydrogens (tertiary/aromatic N) is 3. The number of fused-ring (bicyclic) bond motifs is 2. The van der Waals surface area contributed by atoms with Crippen molar-refractivity contribution in [1.82, 2.24) is 14.8 Å². The Labute approximate surface area is 251 Å². The molecule has 3 aliphatic rings. The van der Waals surface area contributed by atoms with Crippen LogP contribution < -0.4 is 16.3 Å². The fraction of sp³-hybridized carbons (Fsp3) is 0.469. The first-order valence-corrected chi connectivity index (χ1v) is 14.9. The maximum atomic E-state index is 15.4. The summed E-state index contributed by atoms with van der Waals surface area (Å²) in [6.07, 6.45) is 4.22. The molecule has 0 spiro atoms. The van der Waals surface area contributed by atoms with Gasteiger partial charge in [0.1, 0.15) is 18.2 Å². The van der Waals surface area contributed by atoms with Gasteiger partial charge in [0.2, 0.25) is 5.91 Å². The largest absolute Gasteiger partial charge is 0.487 e. The molecule has 2 aromatic carbocycles. The quantitative estimate of drug-likeness (QED) is 0.296. The van der Waals surface area contributed by atoms with Crippen molar-refractivity contribution in [2.24, 2.45) is 23.4 Å². The zero-order valence-corrected chi connectivity index (χ0v) is 24.7. The first kappa shape index (κ1) is 30.3. The van der Waals surface area contributed by atoms with Crippen LogP contribution in [-0.2, 0) is 22.6 Å². The summed E-state index contributed by atoms with van der Waals surface area (Å²) in [5.41, 5.74) is 8.91. The van der Waals surface area contributed by atoms with Crippen LogP contribution in [0.4, 0.5) is 4.39 Å². The molecular weight excluding hydrogens is 553 g/mol. The number of hydrazine groups is 1. The smallest absolute Gasteiger partial charge is 0.307 e. The topological polar surface area (TPSA) is 142 Å². The molecule has 1 aliphatic carbocycles. The van der Waals surface area contributed by atoms with Crippen molar-refractivity contribution in [3.63, 3.8) is 0 Å². The molecule has 0 saturated heterocycles. The first-order chi connectivity index (χ1) is 20.6. The van der Waals surface area contributed by atoms with Crippen molar-refractivity contribution in [3.8, 4) is 5.75 Å². The molecule has 11 heteroatoms. The molecule has 1 saturated carbocycles. The van der Waals surface area contributed by atoms with Gasteiger partial charge in [0.25, 0.3) is 5.91 Å². The van der Waals surface area contributed by atoms with Crippen molar-refractivity contribution in [3.05, 3.63) is 76.4 Å². The molecule has 5 rings (SSSR count). The highest BCUT2D eigenvalue weighted by Crippen LogP contribution is 2.42. The average molecular weight is 594 g/mol. The Hall–Kier alpha value is -4.12. The zero-order chi connectivity index (χ0) is 30.8. The molecular formula is C32H40FN5O5. The van der Waals surface area contributed by atoms with E-state index < -0.39 is 29.7 Å². The third-order valence-corrected chi connectivity index (χ3v) is 8.85. The van der Waals surface area contributed by atoms with Crippen LogP contribution in [0.15, 0.2) is 48.3 Å². The zero-order valence-electron chi connectivity index (χ0n) is 24.7. The van der Waals surface area contributed by atoms with Crippen LogP contribution >= 0.6 is 0 Å². The molecule has 43 heavy (non-hydrogen) atoms. The minimum absolute atomic E-state index is 0.0117. The van der Waals surface area contributed by atoms with Crippen molar-refractivity contribution in [2.45, 2.75) is 64.6 Å². The van der Waals surface area contributed by atoms with Gasteiger partial charge in [0, 0.05) is 43.0 Å². The number of carboxylic acids is 1. The van der Waals surface area contributed by atoms with Crippen LogP contribution in [0.1, 0.15) is 72.6 Å². The number of nitrogens with two attached hydrogens (primary N) is 2. The fourth-order valence-corrected chi connectivity index (χ4v) is 6.50. The lowest BCUT2D eigenvalue weighted by Gasteiger charge is -2.42. The summed E-state index contributed by atoms with van der Waals surface area (Å²) < 4.78 is 21.5. The van der Waals surface area contributed by atoms with Crippen molar-refractivity contribution >= 4 is 17.8 Å². The third-order valence-electron chi connectivity index (χ3n) is 8.85. The van der Waals surface area contributed by atoms with E-state index in [1.165, 1.54) is 17.1 Å². The average Bonchev–Trinajstić information content (AvgIpc) is 3.31. The van der Waals surface area contributed by atoms with Gasteiger partial charge in [-0.2, -0.15) is 0 Å². The number of carbonyl (C=O) groups excluding carboxylic acids is 2. The first-order valence-electron chi connectivity index (χ1n) is 14.9. The molecule has 2 aliphatic heterocycles. The summed E-state index contributed by atoms with van der Waals surface area (Å²) >= 11 is 0. The summed E-state index contributed by atoms with van der Waals surface area (Å²) in [6.45, 7) is 4.45. The van der Waals surface area contributed by atoms with E-state index in [2.05, 4.69) is 0 Å². The molecule has 0 radical (unpaired) electrons. The number of carbonyl (C=O) groups is 3. The molecule has 2 heterocycles. The molecule has 2 aromatic rings. The predicted octanol–water partition coefficient (Wildman–Crippen LogP) is 3.56. The van der Waals surface area contributed by atoms with Crippen molar-refractivity contribution in [2.75, 3.05) is 19.7 Å². The van der Waals surface area contributed by atoms with Crippen LogP contribution in [0.25, 0.3) is 0 Å². The highest BCUT2D eigenvalue weighted by molar-refractivity contribution is 5.98. The van der Waals surface area contributed by atoms with Gasteiger partial charge in [-0.3, -0.25) is 14.4 Å². The Bertz CT molecular complexity index is 1430. The van der Waals surface area contributed by atoms with Crippen LogP contribution in [0.5, 0.6) is 5.75 Å². The van der Waals surface area contributed by atoms with Crippen LogP contribution in [0, 0.1) is 17.7 Å². The molecule has 0 aromatic heterocycles. The van der Waals surface area contributed by atoms with Crippen LogP contribution in [-0.4, -0.2) is 63.4 Å². The van der Waals surface area contributed by atoms with E-state index in [9.17, 15) is 19.5 Å². The van der Waals surface area contributed by atoms with Gasteiger partial charge in [-0.05, 0) is 62.4 Å². The molecule has 5 N–H and O–H groups in total. The lowest BCUT2D eigenvalue weighted by atomic mass is 9.77. The molecule has 10 nitrogen and oxygen atoms in total. The third kappa shape index (κ3) is 6.17. The maximum Gasteiger partial charge on any atom is 0.307 e. The van der Waals surface area contributed by atoms with Gasteiger partial charge in [0.15, 0.2) is 0 Å². The Morgan fingerprint density at radius 2 is 1.88 bits per heavy atom. The van der Waals surface area contributed by atoms with Gasteiger partial charge in [-0.15, -0.1) is 0 Å². The fourth-order valence-electron chi connectivity index (χ4n) is 6.50. The van der Waals surface area contributed by atoms with E-state index in [4.69, 9.17) is 16.3 Å². The number of hydrogen-bond donors (Lipinski definition) is 3. The summed E-state index contributed by atoms with van der Waals surface area (Å²) in [6, 6.07) is 9.47. The highest BCUT2D eigenvalue weighted by atomic mass is 19.1. The molecule has 1 fully saturated rings. The minimum atomic E-state index is -0.982. The molecule has 0 unspecified atom stereocenters. The SMILES string of the molecule is CC(C)N(N)/C=C(\N)COc1ccc(F)c2c1[C@@H](CN1Cc3ccccc3C1=O)N(C(=O)[C@@H]1CCCC[C@@H]1C(=O)O)CC2. The predicted molar refractivity (Wildman–Crippen MR) is 158 cm³/mol. The monoisotopic (exact) mass is 593 g/mol. The standard InChI is InChI=1S/C32H40FN5O5/c1-19(2)38(35)16-21(34)18-43-28-12-11-26(33)25-13-14-37(31(40)23-9-5-6-10-24(23)32(41)42)27(29(25)28)17-36-15-20-7-3-4-8-22(20)30(36)39/h3-4,7-8,11-12,16,19,23-24,27H,5-6,9-10,13-15,17-18,34-35H2,1-2H3,(H,41,42)/b21-16-/t23-,24+,27-/m1/s1. The van der Waals surface area contributed by atoms with Crippen LogP contribution in [0.3, 0.4) is 0 Å². The van der Waals surface area contributed by atoms with Crippen molar-refractivity contribution in [1.29, 1.82) is 0 Å². The number of rotatable bonds is 9. The second-order valence-corrected chi connectivity index (χ2v) is 11.9. The van der Waals surface area contributed by atoms with E-state index in [0.717, 1.165) is 18.4 Å². The Morgan fingerprint density at radius 3 is 2.58 bits per heavy atom. The number of halogens is 1. The number of benzene rings is 2. The number of ether oxygens (including phenoxy) is 1. The van der Waals surface area contributed by atoms with Gasteiger partial charge in [0.05, 0.1) is 23.6 Å². The molecule has 0 bridgehead atoms. The molecule has 3 atom stereocenters. The Kier molecular flexibility index (Phi) is 8.91. The summed E-state index contributed by atoms with van der Waals surface area (Å²) in [7, 11) is 0. The summed E-state index contributed by atoms with van der Waals surface area (Å²) in [5, 5.41) is 11.4. The second kappa shape index (κ2) is 12.6. The Morgan fingerprint density at radius 1 is 1.16 bits per heavy atom. The van der Waals surface area contributed by atoms with Gasteiger partial charge >= 0.3 is 5.97 Å². The lowest BCUT2D eigenvalue weighted by molar-refractivity contribution is -0.153. The highest BCUT2D eigenvalue weighted by Gasteiger charge is 2.44. The lowest BCUT2D eigenvalue weighted by Crippen LogP contribution is -2.50. The van der Waals surface area contributed by atoms with Gasteiger partial charge in [-0.25, -0.2) is 10.2 Å². The van der Waals surface area contributed by atoms with E-state index in [1.54, 1.807) is 22.1 Å². The molecule has 230 valence electrons. The maximum absolute atomic E-state index is 15.4. The van der Waals surface area contributed by atoms with E-state index in [0.29, 0.717) is 47.5 Å². The summed E-state index contributed by atoms with van der Waals surface area (Å²) in [4.78, 5) is 43.0. The molecule has 2 amide bonds. The number of carboxylic acid groups (broad SMARTS) is 1. The summed E-state index contributed by atoms with van der Waals surface area (Å²) in [5.74, 6) is 3.01. The van der Waals surface area contributed by atoms with E-state index >= 15 is 4.39 Å². The van der Waals surface area contributed by atoms with E-state index in [-0.39, 0.29) is 44.0 Å². The Balaban J connectivity index is 1.52. The van der Waals surface area contributed by atoms with Crippen molar-refractivity contribution < 1.29 is 28.6 Å². The second-order valence-electron chi connectivity index (χ2n) is 11.9. The van der Waals surface area contributed by atoms with Gasteiger partial charge in [-0.1, -0.05) is 31.0 Å². The minimum Gasteiger partial charge on any atom is -0.487 e. The van der Waals surface area contributed by atoms with Gasteiger partial charge < -0.3 is 30.4 Å². The van der Waals surface area contributed by atoms with Crippen LogP contribution in [0.2, 0.25) is 0 Å². The number of aliphatic carboxylic acids is 1. The number of hydrogen-bond acceptors (Lipinski definition) is 7.